The monoisotopic (exact) mass is 278 g/mol. The van der Waals surface area contributed by atoms with Gasteiger partial charge in [0, 0.05) is 32.7 Å². The van der Waals surface area contributed by atoms with Crippen molar-refractivity contribution in [1.29, 1.82) is 5.41 Å². The van der Waals surface area contributed by atoms with Gasteiger partial charge in [-0.15, -0.1) is 0 Å². The Balaban J connectivity index is 1.68. The van der Waals surface area contributed by atoms with E-state index in [1.807, 2.05) is 35.2 Å². The molecule has 2 rings (SSSR count). The molecule has 0 bridgehead atoms. The number of β-amino-alcohol motifs (C(OH)–C–C–N with tert-alkyl or cyclic N) is 1. The number of piperazine rings is 1. The van der Waals surface area contributed by atoms with Crippen LogP contribution in [-0.2, 0) is 0 Å². The molecule has 1 aliphatic heterocycles. The van der Waals surface area contributed by atoms with E-state index in [4.69, 9.17) is 15.9 Å². The number of nitrogens with zero attached hydrogens (tertiary/aromatic N) is 2. The summed E-state index contributed by atoms with van der Waals surface area (Å²) >= 11 is 0. The van der Waals surface area contributed by atoms with Crippen LogP contribution in [-0.4, -0.2) is 66.3 Å². The largest absolute Gasteiger partial charge is 0.491 e. The lowest BCUT2D eigenvalue weighted by Gasteiger charge is -2.35. The van der Waals surface area contributed by atoms with Gasteiger partial charge in [0.15, 0.2) is 5.96 Å². The number of benzene rings is 1. The first-order chi connectivity index (χ1) is 9.65. The fraction of sp³-hybridized carbons (Fsp3) is 0.500. The maximum absolute atomic E-state index is 9.99. The van der Waals surface area contributed by atoms with E-state index < -0.39 is 6.10 Å². The Hall–Kier alpha value is -1.79. The smallest absolute Gasteiger partial charge is 0.188 e. The normalized spacial score (nSPS) is 17.8. The van der Waals surface area contributed by atoms with Crippen molar-refractivity contribution >= 4 is 5.96 Å². The number of para-hydroxylation sites is 1. The Labute approximate surface area is 119 Å². The van der Waals surface area contributed by atoms with Crippen LogP contribution in [0.25, 0.3) is 0 Å². The second-order valence-electron chi connectivity index (χ2n) is 4.95. The summed E-state index contributed by atoms with van der Waals surface area (Å²) in [5.41, 5.74) is 5.45. The van der Waals surface area contributed by atoms with Crippen LogP contribution in [0.4, 0.5) is 0 Å². The zero-order valence-corrected chi connectivity index (χ0v) is 11.5. The van der Waals surface area contributed by atoms with Crippen molar-refractivity contribution < 1.29 is 9.84 Å². The van der Waals surface area contributed by atoms with Gasteiger partial charge in [0.05, 0.1) is 0 Å². The number of rotatable bonds is 5. The van der Waals surface area contributed by atoms with Crippen molar-refractivity contribution in [1.82, 2.24) is 9.80 Å². The quantitative estimate of drug-likeness (QED) is 0.519. The van der Waals surface area contributed by atoms with Crippen LogP contribution in [0.15, 0.2) is 30.3 Å². The third-order valence-corrected chi connectivity index (χ3v) is 3.37. The summed E-state index contributed by atoms with van der Waals surface area (Å²) in [6, 6.07) is 9.49. The van der Waals surface area contributed by atoms with Crippen molar-refractivity contribution in [3.63, 3.8) is 0 Å². The van der Waals surface area contributed by atoms with E-state index in [2.05, 4.69) is 4.90 Å². The SMILES string of the molecule is N=C(N)N1CCN(C[C@H](O)COc2ccccc2)CC1. The molecule has 1 aromatic rings. The summed E-state index contributed by atoms with van der Waals surface area (Å²) in [7, 11) is 0. The molecular weight excluding hydrogens is 256 g/mol. The maximum Gasteiger partial charge on any atom is 0.188 e. The van der Waals surface area contributed by atoms with Crippen LogP contribution < -0.4 is 10.5 Å². The average Bonchev–Trinajstić information content (AvgIpc) is 2.47. The second-order valence-corrected chi connectivity index (χ2v) is 4.95. The molecule has 0 spiro atoms. The van der Waals surface area contributed by atoms with Gasteiger partial charge in [-0.1, -0.05) is 18.2 Å². The van der Waals surface area contributed by atoms with Gasteiger partial charge >= 0.3 is 0 Å². The molecule has 6 nitrogen and oxygen atoms in total. The van der Waals surface area contributed by atoms with E-state index in [1.54, 1.807) is 0 Å². The zero-order chi connectivity index (χ0) is 14.4. The predicted molar refractivity (Wildman–Crippen MR) is 77.9 cm³/mol. The molecule has 1 aliphatic rings. The lowest BCUT2D eigenvalue weighted by molar-refractivity contribution is 0.0554. The van der Waals surface area contributed by atoms with Gasteiger partial charge in [-0.3, -0.25) is 10.3 Å². The molecule has 4 N–H and O–H groups in total. The summed E-state index contributed by atoms with van der Waals surface area (Å²) in [5.74, 6) is 0.894. The van der Waals surface area contributed by atoms with Crippen molar-refractivity contribution in [2.75, 3.05) is 39.3 Å². The molecule has 110 valence electrons. The van der Waals surface area contributed by atoms with E-state index >= 15 is 0 Å². The lowest BCUT2D eigenvalue weighted by atomic mass is 10.2. The molecule has 1 saturated heterocycles. The number of ether oxygens (including phenoxy) is 1. The predicted octanol–water partition coefficient (Wildman–Crippen LogP) is -0.0626. The van der Waals surface area contributed by atoms with E-state index in [-0.39, 0.29) is 12.6 Å². The Morgan fingerprint density at radius 2 is 1.90 bits per heavy atom. The fourth-order valence-corrected chi connectivity index (χ4v) is 2.23. The molecule has 1 heterocycles. The first-order valence-corrected chi connectivity index (χ1v) is 6.82. The fourth-order valence-electron chi connectivity index (χ4n) is 2.23. The topological polar surface area (TPSA) is 85.8 Å². The number of aliphatic hydroxyl groups is 1. The number of aliphatic hydroxyl groups excluding tert-OH is 1. The summed E-state index contributed by atoms with van der Waals surface area (Å²) in [4.78, 5) is 4.00. The number of hydrogen-bond donors (Lipinski definition) is 3. The summed E-state index contributed by atoms with van der Waals surface area (Å²) in [6.07, 6.45) is -0.515. The minimum Gasteiger partial charge on any atom is -0.491 e. The highest BCUT2D eigenvalue weighted by Gasteiger charge is 2.19. The molecule has 1 atom stereocenters. The summed E-state index contributed by atoms with van der Waals surface area (Å²) < 4.78 is 5.53. The Bertz CT molecular complexity index is 418. The van der Waals surface area contributed by atoms with E-state index in [9.17, 15) is 5.11 Å². The highest BCUT2D eigenvalue weighted by Crippen LogP contribution is 2.09. The second kappa shape index (κ2) is 7.12. The minimum absolute atomic E-state index is 0.123. The van der Waals surface area contributed by atoms with Gasteiger partial charge in [0.2, 0.25) is 0 Å². The average molecular weight is 278 g/mol. The van der Waals surface area contributed by atoms with Gasteiger partial charge in [-0.25, -0.2) is 0 Å². The maximum atomic E-state index is 9.99. The molecule has 0 aromatic heterocycles. The molecular formula is C14H22N4O2. The summed E-state index contributed by atoms with van der Waals surface area (Å²) in [6.45, 7) is 3.96. The van der Waals surface area contributed by atoms with E-state index in [1.165, 1.54) is 0 Å². The third-order valence-electron chi connectivity index (χ3n) is 3.37. The highest BCUT2D eigenvalue weighted by atomic mass is 16.5. The molecule has 0 saturated carbocycles. The van der Waals surface area contributed by atoms with Crippen LogP contribution >= 0.6 is 0 Å². The molecule has 0 amide bonds. The molecule has 1 fully saturated rings. The highest BCUT2D eigenvalue weighted by molar-refractivity contribution is 5.74. The van der Waals surface area contributed by atoms with Crippen molar-refractivity contribution in [3.8, 4) is 5.75 Å². The van der Waals surface area contributed by atoms with Gasteiger partial charge in [-0.2, -0.15) is 0 Å². The minimum atomic E-state index is -0.515. The summed E-state index contributed by atoms with van der Waals surface area (Å²) in [5, 5.41) is 17.4. The number of guanidine groups is 1. The zero-order valence-electron chi connectivity index (χ0n) is 11.5. The van der Waals surface area contributed by atoms with Crippen molar-refractivity contribution in [2.45, 2.75) is 6.10 Å². The Kier molecular flexibility index (Phi) is 5.20. The third kappa shape index (κ3) is 4.40. The van der Waals surface area contributed by atoms with E-state index in [0.29, 0.717) is 6.54 Å². The first-order valence-electron chi connectivity index (χ1n) is 6.82. The Morgan fingerprint density at radius 3 is 2.50 bits per heavy atom. The van der Waals surface area contributed by atoms with Gasteiger partial charge in [0.25, 0.3) is 0 Å². The standard InChI is InChI=1S/C14H22N4O2/c15-14(16)18-8-6-17(7-9-18)10-12(19)11-20-13-4-2-1-3-5-13/h1-5,12,19H,6-11H2,(H3,15,16)/t12-/m0/s1. The van der Waals surface area contributed by atoms with Crippen LogP contribution in [0, 0.1) is 5.41 Å². The van der Waals surface area contributed by atoms with Gasteiger partial charge in [0.1, 0.15) is 18.5 Å². The number of nitrogens with one attached hydrogen (secondary N) is 1. The molecule has 6 heteroatoms. The molecule has 0 aliphatic carbocycles. The van der Waals surface area contributed by atoms with Crippen molar-refractivity contribution in [3.05, 3.63) is 30.3 Å². The molecule has 1 aromatic carbocycles. The van der Waals surface area contributed by atoms with Gasteiger partial charge in [-0.05, 0) is 12.1 Å². The molecule has 0 radical (unpaired) electrons. The van der Waals surface area contributed by atoms with Crippen LogP contribution in [0.5, 0.6) is 5.75 Å². The van der Waals surface area contributed by atoms with Crippen molar-refractivity contribution in [2.24, 2.45) is 5.73 Å². The van der Waals surface area contributed by atoms with E-state index in [0.717, 1.165) is 31.9 Å². The Morgan fingerprint density at radius 1 is 1.25 bits per heavy atom. The number of hydrogen-bond acceptors (Lipinski definition) is 4. The van der Waals surface area contributed by atoms with Crippen LogP contribution in [0.3, 0.4) is 0 Å². The molecule has 0 unspecified atom stereocenters. The van der Waals surface area contributed by atoms with Crippen LogP contribution in [0.1, 0.15) is 0 Å². The van der Waals surface area contributed by atoms with Crippen LogP contribution in [0.2, 0.25) is 0 Å². The first kappa shape index (κ1) is 14.6. The van der Waals surface area contributed by atoms with Gasteiger partial charge < -0.3 is 20.5 Å². The number of nitrogens with two attached hydrogens (primary N) is 1. The lowest BCUT2D eigenvalue weighted by Crippen LogP contribution is -2.52. The molecule has 20 heavy (non-hydrogen) atoms.